The number of methoxy groups -OCH3 is 1. The fraction of sp³-hybridized carbons (Fsp3) is 0.167. The minimum atomic E-state index is -1.25. The van der Waals surface area contributed by atoms with E-state index in [2.05, 4.69) is 14.7 Å². The van der Waals surface area contributed by atoms with Gasteiger partial charge in [-0.1, -0.05) is 0 Å². The van der Waals surface area contributed by atoms with E-state index in [0.29, 0.717) is 6.07 Å². The number of aromatic nitrogens is 2. The van der Waals surface area contributed by atoms with Crippen molar-refractivity contribution >= 4 is 5.97 Å². The Labute approximate surface area is 106 Å². The topological polar surface area (TPSA) is 55.0 Å². The van der Waals surface area contributed by atoms with Crippen molar-refractivity contribution in [1.82, 2.24) is 9.97 Å². The van der Waals surface area contributed by atoms with Gasteiger partial charge in [-0.15, -0.1) is 0 Å². The molecule has 1 N–H and O–H groups in total. The van der Waals surface area contributed by atoms with E-state index in [1.165, 1.54) is 13.3 Å². The molecule has 0 aliphatic rings. The van der Waals surface area contributed by atoms with Gasteiger partial charge in [-0.3, -0.25) is 0 Å². The van der Waals surface area contributed by atoms with Gasteiger partial charge >= 0.3 is 5.97 Å². The molecule has 0 aliphatic carbocycles. The molecule has 2 rings (SSSR count). The Bertz CT molecular complexity index is 625. The zero-order valence-electron chi connectivity index (χ0n) is 9.84. The van der Waals surface area contributed by atoms with E-state index < -0.39 is 23.4 Å². The van der Waals surface area contributed by atoms with Crippen LogP contribution in [0.4, 0.5) is 13.2 Å². The summed E-state index contributed by atoms with van der Waals surface area (Å²) in [5.41, 5.74) is 0.0326. The number of benzene rings is 1. The van der Waals surface area contributed by atoms with E-state index in [-0.39, 0.29) is 23.5 Å². The Kier molecular flexibility index (Phi) is 3.55. The SMILES string of the molecule is COC(=O)c1cnc(Cc2cc(F)c(F)cc2F)[nH]1. The van der Waals surface area contributed by atoms with E-state index in [0.717, 1.165) is 6.07 Å². The largest absolute Gasteiger partial charge is 0.464 e. The summed E-state index contributed by atoms with van der Waals surface area (Å²) in [5, 5.41) is 0. The van der Waals surface area contributed by atoms with E-state index in [1.807, 2.05) is 0 Å². The number of aromatic amines is 1. The molecule has 1 aromatic carbocycles. The van der Waals surface area contributed by atoms with Gasteiger partial charge in [-0.2, -0.15) is 0 Å². The molecule has 0 unspecified atom stereocenters. The van der Waals surface area contributed by atoms with E-state index in [4.69, 9.17) is 0 Å². The van der Waals surface area contributed by atoms with Crippen LogP contribution in [0.25, 0.3) is 0 Å². The Morgan fingerprint density at radius 1 is 1.26 bits per heavy atom. The fourth-order valence-corrected chi connectivity index (χ4v) is 1.55. The number of rotatable bonds is 3. The highest BCUT2D eigenvalue weighted by Gasteiger charge is 2.14. The molecule has 1 heterocycles. The van der Waals surface area contributed by atoms with Crippen molar-refractivity contribution in [1.29, 1.82) is 0 Å². The lowest BCUT2D eigenvalue weighted by Crippen LogP contribution is -2.02. The molecular formula is C12H9F3N2O2. The third kappa shape index (κ3) is 2.75. The molecule has 0 saturated heterocycles. The molecule has 4 nitrogen and oxygen atoms in total. The molecule has 100 valence electrons. The van der Waals surface area contributed by atoms with Gasteiger partial charge in [0.25, 0.3) is 0 Å². The van der Waals surface area contributed by atoms with E-state index in [9.17, 15) is 18.0 Å². The first kappa shape index (κ1) is 13.1. The average molecular weight is 270 g/mol. The van der Waals surface area contributed by atoms with Gasteiger partial charge in [0.15, 0.2) is 11.6 Å². The second-order valence-corrected chi connectivity index (χ2v) is 3.77. The van der Waals surface area contributed by atoms with Gasteiger partial charge in [0, 0.05) is 12.5 Å². The molecule has 19 heavy (non-hydrogen) atoms. The summed E-state index contributed by atoms with van der Waals surface area (Å²) in [6.07, 6.45) is 1.12. The standard InChI is InChI=1S/C12H9F3N2O2/c1-19-12(18)10-5-16-11(17-10)3-6-2-8(14)9(15)4-7(6)13/h2,4-5H,3H2,1H3,(H,16,17). The monoisotopic (exact) mass is 270 g/mol. The average Bonchev–Trinajstić information content (AvgIpc) is 2.83. The predicted octanol–water partition coefficient (Wildman–Crippen LogP) is 2.20. The van der Waals surface area contributed by atoms with E-state index >= 15 is 0 Å². The van der Waals surface area contributed by atoms with Crippen molar-refractivity contribution in [3.05, 3.63) is 52.9 Å². The second-order valence-electron chi connectivity index (χ2n) is 3.77. The number of carbonyl (C=O) groups is 1. The molecule has 0 fully saturated rings. The molecule has 0 saturated carbocycles. The Morgan fingerprint density at radius 2 is 1.95 bits per heavy atom. The van der Waals surface area contributed by atoms with Crippen LogP contribution < -0.4 is 0 Å². The van der Waals surface area contributed by atoms with Crippen molar-refractivity contribution in [3.63, 3.8) is 0 Å². The number of nitrogens with one attached hydrogen (secondary N) is 1. The first-order valence-electron chi connectivity index (χ1n) is 5.27. The highest BCUT2D eigenvalue weighted by atomic mass is 19.2. The highest BCUT2D eigenvalue weighted by molar-refractivity contribution is 5.86. The summed E-state index contributed by atoms with van der Waals surface area (Å²) in [5.74, 6) is -3.66. The van der Waals surface area contributed by atoms with Crippen LogP contribution in [-0.4, -0.2) is 23.0 Å². The zero-order valence-corrected chi connectivity index (χ0v) is 9.84. The number of carbonyl (C=O) groups excluding carboxylic acids is 1. The van der Waals surface area contributed by atoms with Crippen LogP contribution in [0, 0.1) is 17.5 Å². The Morgan fingerprint density at radius 3 is 2.63 bits per heavy atom. The molecule has 0 aliphatic heterocycles. The number of hydrogen-bond donors (Lipinski definition) is 1. The lowest BCUT2D eigenvalue weighted by molar-refractivity contribution is 0.0594. The molecule has 0 spiro atoms. The van der Waals surface area contributed by atoms with Crippen molar-refractivity contribution in [2.45, 2.75) is 6.42 Å². The van der Waals surface area contributed by atoms with Gasteiger partial charge < -0.3 is 9.72 Å². The molecule has 7 heteroatoms. The first-order valence-corrected chi connectivity index (χ1v) is 5.27. The van der Waals surface area contributed by atoms with Gasteiger partial charge in [0.2, 0.25) is 0 Å². The van der Waals surface area contributed by atoms with Crippen LogP contribution in [0.1, 0.15) is 21.9 Å². The lowest BCUT2D eigenvalue weighted by atomic mass is 10.1. The fourth-order valence-electron chi connectivity index (χ4n) is 1.55. The van der Waals surface area contributed by atoms with Gasteiger partial charge in [0.05, 0.1) is 13.3 Å². The summed E-state index contributed by atoms with van der Waals surface area (Å²) in [6, 6.07) is 1.22. The van der Waals surface area contributed by atoms with Crippen molar-refractivity contribution in [2.24, 2.45) is 0 Å². The van der Waals surface area contributed by atoms with Crippen LogP contribution in [0.2, 0.25) is 0 Å². The molecule has 2 aromatic rings. The third-order valence-electron chi connectivity index (χ3n) is 2.48. The van der Waals surface area contributed by atoms with Crippen molar-refractivity contribution in [2.75, 3.05) is 7.11 Å². The third-order valence-corrected chi connectivity index (χ3v) is 2.48. The predicted molar refractivity (Wildman–Crippen MR) is 59.0 cm³/mol. The number of nitrogens with zero attached hydrogens (tertiary/aromatic N) is 1. The molecule has 0 bridgehead atoms. The number of hydrogen-bond acceptors (Lipinski definition) is 3. The highest BCUT2D eigenvalue weighted by Crippen LogP contribution is 2.16. The molecule has 0 amide bonds. The quantitative estimate of drug-likeness (QED) is 0.687. The van der Waals surface area contributed by atoms with Crippen LogP contribution in [0.5, 0.6) is 0 Å². The maximum Gasteiger partial charge on any atom is 0.356 e. The summed E-state index contributed by atoms with van der Waals surface area (Å²) in [4.78, 5) is 17.6. The van der Waals surface area contributed by atoms with Gasteiger partial charge in [0.1, 0.15) is 17.3 Å². The minimum Gasteiger partial charge on any atom is -0.464 e. The molecule has 1 aromatic heterocycles. The Balaban J connectivity index is 2.24. The minimum absolute atomic E-state index is 0.0651. The van der Waals surface area contributed by atoms with E-state index in [1.54, 1.807) is 0 Å². The van der Waals surface area contributed by atoms with Crippen LogP contribution >= 0.6 is 0 Å². The van der Waals surface area contributed by atoms with Crippen LogP contribution in [-0.2, 0) is 11.2 Å². The lowest BCUT2D eigenvalue weighted by Gasteiger charge is -2.02. The molecule has 0 atom stereocenters. The summed E-state index contributed by atoms with van der Waals surface area (Å²) in [7, 11) is 1.21. The van der Waals surface area contributed by atoms with Crippen molar-refractivity contribution < 1.29 is 22.7 Å². The number of esters is 1. The second kappa shape index (κ2) is 5.13. The summed E-state index contributed by atoms with van der Waals surface area (Å²) >= 11 is 0. The number of imidazole rings is 1. The zero-order chi connectivity index (χ0) is 14.0. The first-order chi connectivity index (χ1) is 9.01. The number of halogens is 3. The maximum atomic E-state index is 13.4. The van der Waals surface area contributed by atoms with Crippen molar-refractivity contribution in [3.8, 4) is 0 Å². The van der Waals surface area contributed by atoms with Gasteiger partial charge in [-0.25, -0.2) is 22.9 Å². The normalized spacial score (nSPS) is 10.5. The van der Waals surface area contributed by atoms with Gasteiger partial charge in [-0.05, 0) is 11.6 Å². The number of ether oxygens (including phenoxy) is 1. The smallest absolute Gasteiger partial charge is 0.356 e. The number of H-pyrrole nitrogens is 1. The Hall–Kier alpha value is -2.31. The summed E-state index contributed by atoms with van der Waals surface area (Å²) in [6.45, 7) is 0. The van der Waals surface area contributed by atoms with Crippen LogP contribution in [0.15, 0.2) is 18.3 Å². The maximum absolute atomic E-state index is 13.4. The van der Waals surface area contributed by atoms with Crippen LogP contribution in [0.3, 0.4) is 0 Å². The molecular weight excluding hydrogens is 261 g/mol. The molecule has 0 radical (unpaired) electrons. The summed E-state index contributed by atoms with van der Waals surface area (Å²) < 4.78 is 43.6.